The van der Waals surface area contributed by atoms with Crippen molar-refractivity contribution in [2.24, 2.45) is 5.92 Å². The van der Waals surface area contributed by atoms with Crippen molar-refractivity contribution in [3.63, 3.8) is 0 Å². The van der Waals surface area contributed by atoms with E-state index in [1.807, 2.05) is 12.1 Å². The fraction of sp³-hybridized carbons (Fsp3) is 0.524. The number of hydrogen-bond donors (Lipinski definition) is 2. The van der Waals surface area contributed by atoms with E-state index in [0.717, 1.165) is 29.4 Å². The van der Waals surface area contributed by atoms with Crippen LogP contribution < -0.4 is 10.6 Å². The molecular weight excluding hydrogens is 381 g/mol. The summed E-state index contributed by atoms with van der Waals surface area (Å²) in [5, 5.41) is 8.00. The lowest BCUT2D eigenvalue weighted by atomic mass is 9.73. The summed E-state index contributed by atoms with van der Waals surface area (Å²) >= 11 is 6.22. The Kier molecular flexibility index (Phi) is 5.19. The largest absolute Gasteiger partial charge is 0.380 e. The highest BCUT2D eigenvalue weighted by atomic mass is 35.5. The van der Waals surface area contributed by atoms with Crippen LogP contribution in [0.5, 0.6) is 0 Å². The number of halogens is 2. The third-order valence-corrected chi connectivity index (χ3v) is 5.87. The van der Waals surface area contributed by atoms with Crippen LogP contribution in [0.1, 0.15) is 39.5 Å². The van der Waals surface area contributed by atoms with E-state index in [-0.39, 0.29) is 36.8 Å². The van der Waals surface area contributed by atoms with Crippen molar-refractivity contribution in [2.45, 2.75) is 57.3 Å². The molecule has 0 bridgehead atoms. The first-order valence-corrected chi connectivity index (χ1v) is 10.1. The second-order valence-corrected chi connectivity index (χ2v) is 8.70. The van der Waals surface area contributed by atoms with Gasteiger partial charge in [-0.3, -0.25) is 9.78 Å². The minimum atomic E-state index is -1.24. The van der Waals surface area contributed by atoms with Crippen LogP contribution >= 0.6 is 11.6 Å². The van der Waals surface area contributed by atoms with Gasteiger partial charge < -0.3 is 15.4 Å². The third-order valence-electron chi connectivity index (χ3n) is 5.64. The highest BCUT2D eigenvalue weighted by Crippen LogP contribution is 2.42. The lowest BCUT2D eigenvalue weighted by Crippen LogP contribution is -2.43. The molecule has 4 rings (SSSR count). The summed E-state index contributed by atoms with van der Waals surface area (Å²) in [5.74, 6) is -0.470. The van der Waals surface area contributed by atoms with Gasteiger partial charge in [-0.05, 0) is 57.7 Å². The second-order valence-electron chi connectivity index (χ2n) is 8.26. The number of carbonyl (C=O) groups excluding carboxylic acids is 1. The Morgan fingerprint density at radius 3 is 2.89 bits per heavy atom. The van der Waals surface area contributed by atoms with E-state index in [1.54, 1.807) is 12.3 Å². The van der Waals surface area contributed by atoms with Crippen LogP contribution in [0.15, 0.2) is 24.4 Å². The number of carbonyl (C=O) groups is 1. The zero-order valence-corrected chi connectivity index (χ0v) is 16.9. The Labute approximate surface area is 169 Å². The first kappa shape index (κ1) is 19.4. The fourth-order valence-electron chi connectivity index (χ4n) is 4.14. The van der Waals surface area contributed by atoms with Crippen LogP contribution in [0.25, 0.3) is 10.9 Å². The molecule has 28 heavy (non-hydrogen) atoms. The summed E-state index contributed by atoms with van der Waals surface area (Å²) in [6.45, 7) is 4.29. The molecule has 1 aliphatic carbocycles. The zero-order valence-electron chi connectivity index (χ0n) is 16.1. The molecule has 1 saturated carbocycles. The number of benzene rings is 1. The standard InChI is InChI=1S/C21H25ClFN3O2/c1-12-7-15(5-6-28-12)25-19-16-8-14(22)3-4-17(16)24-11-18(19)26-20(27)13-9-21(2,23)10-13/h3-4,8,11-13,15H,5-7,9-10H2,1-2H3,(H,24,25)(H,26,27)/t12-,13?,15-,21?/m1/s1. The molecule has 1 aromatic carbocycles. The van der Waals surface area contributed by atoms with Crippen LogP contribution in [0.3, 0.4) is 0 Å². The number of pyridine rings is 1. The molecule has 2 aliphatic rings. The second kappa shape index (κ2) is 7.48. The van der Waals surface area contributed by atoms with E-state index in [2.05, 4.69) is 22.5 Å². The molecule has 150 valence electrons. The van der Waals surface area contributed by atoms with Gasteiger partial charge in [-0.1, -0.05) is 11.6 Å². The number of rotatable bonds is 4. The van der Waals surface area contributed by atoms with Crippen LogP contribution in [-0.4, -0.2) is 35.3 Å². The van der Waals surface area contributed by atoms with Crippen LogP contribution in [-0.2, 0) is 9.53 Å². The van der Waals surface area contributed by atoms with E-state index in [9.17, 15) is 9.18 Å². The Bertz CT molecular complexity index is 897. The molecule has 1 amide bonds. The molecule has 1 aliphatic heterocycles. The molecule has 0 spiro atoms. The van der Waals surface area contributed by atoms with Crippen molar-refractivity contribution in [3.05, 3.63) is 29.4 Å². The summed E-state index contributed by atoms with van der Waals surface area (Å²) in [7, 11) is 0. The summed E-state index contributed by atoms with van der Waals surface area (Å²) in [4.78, 5) is 17.1. The normalized spacial score (nSPS) is 29.9. The molecule has 1 aromatic heterocycles. The Morgan fingerprint density at radius 2 is 2.18 bits per heavy atom. The van der Waals surface area contributed by atoms with Crippen LogP contribution in [0.2, 0.25) is 5.02 Å². The highest BCUT2D eigenvalue weighted by molar-refractivity contribution is 6.31. The number of nitrogens with zero attached hydrogens (tertiary/aromatic N) is 1. The molecular formula is C21H25ClFN3O2. The van der Waals surface area contributed by atoms with Crippen LogP contribution in [0, 0.1) is 5.92 Å². The predicted octanol–water partition coefficient (Wildman–Crippen LogP) is 4.94. The number of aromatic nitrogens is 1. The van der Waals surface area contributed by atoms with Crippen LogP contribution in [0.4, 0.5) is 15.8 Å². The van der Waals surface area contributed by atoms with Gasteiger partial charge in [-0.25, -0.2) is 4.39 Å². The first-order chi connectivity index (χ1) is 13.3. The summed E-state index contributed by atoms with van der Waals surface area (Å²) in [6, 6.07) is 5.74. The predicted molar refractivity (Wildman–Crippen MR) is 110 cm³/mol. The van der Waals surface area contributed by atoms with Crippen molar-refractivity contribution in [1.29, 1.82) is 0 Å². The lowest BCUT2D eigenvalue weighted by molar-refractivity contribution is -0.127. The van der Waals surface area contributed by atoms with Gasteiger partial charge in [0, 0.05) is 29.0 Å². The summed E-state index contributed by atoms with van der Waals surface area (Å²) < 4.78 is 19.4. The zero-order chi connectivity index (χ0) is 19.9. The molecule has 7 heteroatoms. The van der Waals surface area contributed by atoms with Crippen molar-refractivity contribution in [1.82, 2.24) is 4.98 Å². The van der Waals surface area contributed by atoms with E-state index in [1.165, 1.54) is 6.92 Å². The number of amides is 1. The maximum atomic E-state index is 13.8. The van der Waals surface area contributed by atoms with Crippen molar-refractivity contribution in [2.75, 3.05) is 17.2 Å². The number of hydrogen-bond acceptors (Lipinski definition) is 4. The number of fused-ring (bicyclic) bond motifs is 1. The monoisotopic (exact) mass is 405 g/mol. The summed E-state index contributed by atoms with van der Waals surface area (Å²) in [5.41, 5.74) is 0.967. The maximum Gasteiger partial charge on any atom is 0.227 e. The number of anilines is 2. The SMILES string of the molecule is C[C@@H]1C[C@H](Nc2c(NC(=O)C3CC(C)(F)C3)cnc3ccc(Cl)cc23)CCO1. The number of alkyl halides is 1. The summed E-state index contributed by atoms with van der Waals surface area (Å²) in [6.07, 6.45) is 4.11. The molecule has 2 N–H and O–H groups in total. The third kappa shape index (κ3) is 4.08. The van der Waals surface area contributed by atoms with Gasteiger partial charge in [0.05, 0.1) is 29.2 Å². The van der Waals surface area contributed by atoms with Gasteiger partial charge in [0.25, 0.3) is 0 Å². The van der Waals surface area contributed by atoms with E-state index < -0.39 is 5.67 Å². The van der Waals surface area contributed by atoms with E-state index in [0.29, 0.717) is 17.3 Å². The molecule has 2 fully saturated rings. The van der Waals surface area contributed by atoms with Gasteiger partial charge in [0.1, 0.15) is 5.67 Å². The average molecular weight is 406 g/mol. The molecule has 0 unspecified atom stereocenters. The smallest absolute Gasteiger partial charge is 0.227 e. The van der Waals surface area contributed by atoms with Crippen molar-refractivity contribution >= 4 is 39.8 Å². The first-order valence-electron chi connectivity index (χ1n) is 9.77. The Morgan fingerprint density at radius 1 is 1.39 bits per heavy atom. The Balaban J connectivity index is 1.64. The van der Waals surface area contributed by atoms with Gasteiger partial charge >= 0.3 is 0 Å². The minimum Gasteiger partial charge on any atom is -0.380 e. The van der Waals surface area contributed by atoms with Gasteiger partial charge in [-0.2, -0.15) is 0 Å². The topological polar surface area (TPSA) is 63.2 Å². The van der Waals surface area contributed by atoms with Gasteiger partial charge in [0.2, 0.25) is 5.91 Å². The number of nitrogens with one attached hydrogen (secondary N) is 2. The quantitative estimate of drug-likeness (QED) is 0.755. The average Bonchev–Trinajstić information content (AvgIpc) is 2.61. The van der Waals surface area contributed by atoms with Crippen molar-refractivity contribution in [3.8, 4) is 0 Å². The molecule has 5 nitrogen and oxygen atoms in total. The fourth-order valence-corrected chi connectivity index (χ4v) is 4.31. The highest BCUT2D eigenvalue weighted by Gasteiger charge is 2.44. The van der Waals surface area contributed by atoms with Crippen molar-refractivity contribution < 1.29 is 13.9 Å². The van der Waals surface area contributed by atoms with Gasteiger partial charge in [0.15, 0.2) is 0 Å². The van der Waals surface area contributed by atoms with E-state index >= 15 is 0 Å². The Hall–Kier alpha value is -1.92. The number of ether oxygens (including phenoxy) is 1. The molecule has 2 heterocycles. The molecule has 0 radical (unpaired) electrons. The van der Waals surface area contributed by atoms with Gasteiger partial charge in [-0.15, -0.1) is 0 Å². The van der Waals surface area contributed by atoms with E-state index in [4.69, 9.17) is 16.3 Å². The minimum absolute atomic E-state index is 0.165. The lowest BCUT2D eigenvalue weighted by Gasteiger charge is -2.37. The molecule has 1 saturated heterocycles. The maximum absolute atomic E-state index is 13.8. The molecule has 2 atom stereocenters. The molecule has 2 aromatic rings.